The number of hydrazine groups is 1. The highest BCUT2D eigenvalue weighted by Gasteiger charge is 2.32. The lowest BCUT2D eigenvalue weighted by atomic mass is 10.0. The zero-order chi connectivity index (χ0) is 23.5. The molecule has 0 aliphatic heterocycles. The summed E-state index contributed by atoms with van der Waals surface area (Å²) in [6.45, 7) is 0. The summed E-state index contributed by atoms with van der Waals surface area (Å²) in [7, 11) is 0. The maximum atomic E-state index is 12.9. The molecule has 1 aromatic heterocycles. The molecule has 11 heteroatoms. The van der Waals surface area contributed by atoms with Gasteiger partial charge in [0.2, 0.25) is 5.78 Å². The molecule has 0 radical (unpaired) electrons. The number of halogens is 6. The molecule has 166 valence electrons. The third kappa shape index (κ3) is 5.23. The average molecular weight is 453 g/mol. The van der Waals surface area contributed by atoms with E-state index in [4.69, 9.17) is 0 Å². The number of hydrogen-bond donors (Lipinski definition) is 2. The summed E-state index contributed by atoms with van der Waals surface area (Å²) in [4.78, 5) is 29.0. The second kappa shape index (κ2) is 8.69. The molecular formula is C21H13F6N3O2. The number of nitrogens with one attached hydrogen (secondary N) is 2. The van der Waals surface area contributed by atoms with E-state index in [1.54, 1.807) is 0 Å². The van der Waals surface area contributed by atoms with E-state index in [1.165, 1.54) is 18.3 Å². The van der Waals surface area contributed by atoms with Crippen LogP contribution in [0.5, 0.6) is 0 Å². The van der Waals surface area contributed by atoms with Crippen LogP contribution in [0.25, 0.3) is 0 Å². The van der Waals surface area contributed by atoms with E-state index in [2.05, 4.69) is 15.8 Å². The summed E-state index contributed by atoms with van der Waals surface area (Å²) < 4.78 is 76.6. The Labute approximate surface area is 177 Å². The van der Waals surface area contributed by atoms with Crippen LogP contribution in [0.4, 0.5) is 32.0 Å². The van der Waals surface area contributed by atoms with Crippen molar-refractivity contribution in [3.63, 3.8) is 0 Å². The van der Waals surface area contributed by atoms with Gasteiger partial charge in [0.15, 0.2) is 0 Å². The summed E-state index contributed by atoms with van der Waals surface area (Å²) in [5.41, 5.74) is 1.88. The van der Waals surface area contributed by atoms with Crippen LogP contribution in [0.15, 0.2) is 66.9 Å². The minimum absolute atomic E-state index is 0.126. The van der Waals surface area contributed by atoms with Crippen molar-refractivity contribution in [3.05, 3.63) is 94.8 Å². The molecular weight excluding hydrogens is 440 g/mol. The van der Waals surface area contributed by atoms with Crippen LogP contribution in [0.2, 0.25) is 0 Å². The SMILES string of the molecule is O=C(NNc1ccc(C(F)(F)F)cc1)c1cccnc1C(=O)c1cccc(C(F)(F)F)c1. The minimum atomic E-state index is -4.66. The topological polar surface area (TPSA) is 71.1 Å². The Morgan fingerprint density at radius 1 is 0.781 bits per heavy atom. The number of amides is 1. The van der Waals surface area contributed by atoms with Gasteiger partial charge >= 0.3 is 12.4 Å². The molecule has 3 rings (SSSR count). The van der Waals surface area contributed by atoms with Gasteiger partial charge in [-0.25, -0.2) is 0 Å². The molecule has 0 aliphatic carbocycles. The number of carbonyl (C=O) groups is 2. The van der Waals surface area contributed by atoms with Gasteiger partial charge in [0.1, 0.15) is 5.69 Å². The highest BCUT2D eigenvalue weighted by atomic mass is 19.4. The van der Waals surface area contributed by atoms with Crippen molar-refractivity contribution in [1.82, 2.24) is 10.4 Å². The summed E-state index contributed by atoms with van der Waals surface area (Å²) in [6.07, 6.45) is -7.98. The third-order valence-corrected chi connectivity index (χ3v) is 4.25. The Hall–Kier alpha value is -3.89. The lowest BCUT2D eigenvalue weighted by Gasteiger charge is -2.12. The smallest absolute Gasteiger partial charge is 0.298 e. The van der Waals surface area contributed by atoms with E-state index < -0.39 is 40.9 Å². The maximum absolute atomic E-state index is 12.9. The number of pyridine rings is 1. The molecule has 0 spiro atoms. The maximum Gasteiger partial charge on any atom is 0.416 e. The molecule has 0 fully saturated rings. The van der Waals surface area contributed by atoms with Crippen molar-refractivity contribution in [3.8, 4) is 0 Å². The zero-order valence-corrected chi connectivity index (χ0v) is 15.9. The van der Waals surface area contributed by atoms with Gasteiger partial charge in [0.25, 0.3) is 5.91 Å². The van der Waals surface area contributed by atoms with Gasteiger partial charge in [0, 0.05) is 11.8 Å². The number of nitrogens with zero attached hydrogens (tertiary/aromatic N) is 1. The van der Waals surface area contributed by atoms with Crippen molar-refractivity contribution in [1.29, 1.82) is 0 Å². The quantitative estimate of drug-likeness (QED) is 0.320. The number of aromatic nitrogens is 1. The van der Waals surface area contributed by atoms with E-state index in [-0.39, 0.29) is 16.8 Å². The van der Waals surface area contributed by atoms with Gasteiger partial charge < -0.3 is 0 Å². The first-order valence-corrected chi connectivity index (χ1v) is 8.87. The molecule has 0 saturated carbocycles. The number of carbonyl (C=O) groups excluding carboxylic acids is 2. The lowest BCUT2D eigenvalue weighted by molar-refractivity contribution is -0.138. The molecule has 0 aliphatic rings. The van der Waals surface area contributed by atoms with Crippen molar-refractivity contribution >= 4 is 17.4 Å². The van der Waals surface area contributed by atoms with E-state index in [0.717, 1.165) is 42.5 Å². The number of anilines is 1. The molecule has 1 heterocycles. The van der Waals surface area contributed by atoms with Crippen LogP contribution in [-0.2, 0) is 12.4 Å². The van der Waals surface area contributed by atoms with Crippen molar-refractivity contribution in [2.45, 2.75) is 12.4 Å². The van der Waals surface area contributed by atoms with E-state index in [0.29, 0.717) is 6.07 Å². The largest absolute Gasteiger partial charge is 0.416 e. The van der Waals surface area contributed by atoms with Gasteiger partial charge in [-0.1, -0.05) is 12.1 Å². The van der Waals surface area contributed by atoms with Crippen LogP contribution >= 0.6 is 0 Å². The number of rotatable bonds is 5. The summed E-state index contributed by atoms with van der Waals surface area (Å²) >= 11 is 0. The standard InChI is InChI=1S/C21H13F6N3O2/c22-20(23,24)13-6-8-15(9-7-13)29-30-19(32)16-5-2-10-28-17(16)18(31)12-3-1-4-14(11-12)21(25,26)27/h1-11,29H,(H,30,32). The van der Waals surface area contributed by atoms with Gasteiger partial charge in [-0.05, 0) is 48.5 Å². The first-order chi connectivity index (χ1) is 15.0. The molecule has 0 saturated heterocycles. The Balaban J connectivity index is 1.79. The van der Waals surface area contributed by atoms with Crippen LogP contribution in [0.3, 0.4) is 0 Å². The molecule has 2 aromatic carbocycles. The first kappa shape index (κ1) is 22.8. The Kier molecular flexibility index (Phi) is 6.19. The summed E-state index contributed by atoms with van der Waals surface area (Å²) in [6, 6.07) is 10.0. The molecule has 0 bridgehead atoms. The van der Waals surface area contributed by atoms with E-state index in [1.807, 2.05) is 0 Å². The fourth-order valence-corrected chi connectivity index (χ4v) is 2.68. The molecule has 3 aromatic rings. The number of hydrogen-bond acceptors (Lipinski definition) is 4. The Morgan fingerprint density at radius 3 is 2.06 bits per heavy atom. The Morgan fingerprint density at radius 2 is 1.44 bits per heavy atom. The Bertz CT molecular complexity index is 1140. The third-order valence-electron chi connectivity index (χ3n) is 4.25. The van der Waals surface area contributed by atoms with Gasteiger partial charge in [-0.2, -0.15) is 26.3 Å². The fourth-order valence-electron chi connectivity index (χ4n) is 2.68. The lowest BCUT2D eigenvalue weighted by Crippen LogP contribution is -2.31. The van der Waals surface area contributed by atoms with Crippen molar-refractivity contribution in [2.75, 3.05) is 5.43 Å². The minimum Gasteiger partial charge on any atom is -0.298 e. The fraction of sp³-hybridized carbons (Fsp3) is 0.0952. The molecule has 32 heavy (non-hydrogen) atoms. The first-order valence-electron chi connectivity index (χ1n) is 8.87. The number of alkyl halides is 6. The van der Waals surface area contributed by atoms with Crippen LogP contribution in [-0.4, -0.2) is 16.7 Å². The predicted molar refractivity (Wildman–Crippen MR) is 102 cm³/mol. The van der Waals surface area contributed by atoms with Crippen LogP contribution < -0.4 is 10.9 Å². The molecule has 0 unspecified atom stereocenters. The summed E-state index contributed by atoms with van der Waals surface area (Å²) in [5.74, 6) is -1.77. The zero-order valence-electron chi connectivity index (χ0n) is 15.9. The van der Waals surface area contributed by atoms with Gasteiger partial charge in [-0.15, -0.1) is 0 Å². The molecule has 5 nitrogen and oxygen atoms in total. The predicted octanol–water partition coefficient (Wildman–Crippen LogP) is 5.11. The molecule has 1 amide bonds. The second-order valence-electron chi connectivity index (χ2n) is 6.46. The molecule has 0 atom stereocenters. The highest BCUT2D eigenvalue weighted by Crippen LogP contribution is 2.31. The second-order valence-corrected chi connectivity index (χ2v) is 6.46. The van der Waals surface area contributed by atoms with E-state index in [9.17, 15) is 35.9 Å². The van der Waals surface area contributed by atoms with Crippen molar-refractivity contribution in [2.24, 2.45) is 0 Å². The highest BCUT2D eigenvalue weighted by molar-refractivity contribution is 6.14. The summed E-state index contributed by atoms with van der Waals surface area (Å²) in [5, 5.41) is 0. The van der Waals surface area contributed by atoms with Crippen LogP contribution in [0.1, 0.15) is 37.5 Å². The number of ketones is 1. The van der Waals surface area contributed by atoms with Gasteiger partial charge in [-0.3, -0.25) is 25.4 Å². The van der Waals surface area contributed by atoms with E-state index >= 15 is 0 Å². The normalized spacial score (nSPS) is 11.7. The average Bonchev–Trinajstić information content (AvgIpc) is 2.76. The van der Waals surface area contributed by atoms with Crippen molar-refractivity contribution < 1.29 is 35.9 Å². The van der Waals surface area contributed by atoms with Gasteiger partial charge in [0.05, 0.1) is 22.4 Å². The monoisotopic (exact) mass is 453 g/mol. The van der Waals surface area contributed by atoms with Crippen LogP contribution in [0, 0.1) is 0 Å². The number of benzene rings is 2. The molecule has 2 N–H and O–H groups in total.